The molecule has 6 nitrogen and oxygen atoms in total. The lowest BCUT2D eigenvalue weighted by molar-refractivity contribution is -0.146. The Balaban J connectivity index is 1.49. The summed E-state index contributed by atoms with van der Waals surface area (Å²) in [5, 5.41) is 4.77. The van der Waals surface area contributed by atoms with Crippen LogP contribution in [0.3, 0.4) is 0 Å². The zero-order chi connectivity index (χ0) is 20.3. The van der Waals surface area contributed by atoms with Crippen LogP contribution in [0.1, 0.15) is 48.9 Å². The number of esters is 1. The zero-order valence-electron chi connectivity index (χ0n) is 16.8. The first-order valence-corrected chi connectivity index (χ1v) is 11.5. The van der Waals surface area contributed by atoms with E-state index in [1.54, 1.807) is 11.3 Å². The van der Waals surface area contributed by atoms with Crippen molar-refractivity contribution in [1.82, 2.24) is 15.3 Å². The van der Waals surface area contributed by atoms with E-state index < -0.39 is 5.97 Å². The average molecular weight is 422 g/mol. The van der Waals surface area contributed by atoms with Gasteiger partial charge in [-0.05, 0) is 57.9 Å². The number of aromatic nitrogens is 2. The minimum Gasteiger partial charge on any atom is -0.455 e. The van der Waals surface area contributed by atoms with E-state index in [4.69, 9.17) is 4.74 Å². The Morgan fingerprint density at radius 1 is 1.18 bits per heavy atom. The number of nitrogens with zero attached hydrogens (tertiary/aromatic N) is 2. The van der Waals surface area contributed by atoms with Crippen LogP contribution < -0.4 is 5.32 Å². The standard InChI is InChI=1S/C20H27N3O3S2/c1-11-5-7-15(8-6-11)23-16(24)9-26-17(25)10-27-19-18-12(2)13(3)28-20(18)22-14(4)21-19/h11,15H,5-10H2,1-4H3,(H,23,24). The molecule has 1 aliphatic carbocycles. The molecule has 2 heterocycles. The normalized spacial score (nSPS) is 19.6. The first-order valence-electron chi connectivity index (χ1n) is 9.65. The van der Waals surface area contributed by atoms with Crippen molar-refractivity contribution in [3.05, 3.63) is 16.3 Å². The van der Waals surface area contributed by atoms with Crippen molar-refractivity contribution < 1.29 is 14.3 Å². The number of hydrogen-bond acceptors (Lipinski definition) is 7. The molecule has 28 heavy (non-hydrogen) atoms. The zero-order valence-corrected chi connectivity index (χ0v) is 18.5. The third-order valence-electron chi connectivity index (χ3n) is 5.18. The third kappa shape index (κ3) is 5.23. The number of carbonyl (C=O) groups is 2. The molecular weight excluding hydrogens is 394 g/mol. The van der Waals surface area contributed by atoms with E-state index in [0.29, 0.717) is 5.82 Å². The molecule has 0 spiro atoms. The summed E-state index contributed by atoms with van der Waals surface area (Å²) >= 11 is 2.98. The van der Waals surface area contributed by atoms with Gasteiger partial charge < -0.3 is 10.1 Å². The van der Waals surface area contributed by atoms with Gasteiger partial charge in [-0.15, -0.1) is 11.3 Å². The van der Waals surface area contributed by atoms with Gasteiger partial charge in [-0.25, -0.2) is 9.97 Å². The number of thiophene rings is 1. The van der Waals surface area contributed by atoms with Crippen LogP contribution in [-0.4, -0.2) is 40.2 Å². The van der Waals surface area contributed by atoms with Crippen LogP contribution in [0.15, 0.2) is 5.03 Å². The van der Waals surface area contributed by atoms with Crippen LogP contribution in [0, 0.1) is 26.7 Å². The van der Waals surface area contributed by atoms with Crippen molar-refractivity contribution in [3.63, 3.8) is 0 Å². The highest BCUT2D eigenvalue weighted by Gasteiger charge is 2.20. The van der Waals surface area contributed by atoms with E-state index in [9.17, 15) is 9.59 Å². The van der Waals surface area contributed by atoms with Crippen LogP contribution in [0.4, 0.5) is 0 Å². The second kappa shape index (κ2) is 9.22. The lowest BCUT2D eigenvalue weighted by Gasteiger charge is -2.26. The maximum Gasteiger partial charge on any atom is 0.316 e. The fraction of sp³-hybridized carbons (Fsp3) is 0.600. The van der Waals surface area contributed by atoms with Crippen molar-refractivity contribution in [2.24, 2.45) is 5.92 Å². The van der Waals surface area contributed by atoms with Gasteiger partial charge in [-0.1, -0.05) is 18.7 Å². The quantitative estimate of drug-likeness (QED) is 0.432. The number of rotatable bonds is 6. The van der Waals surface area contributed by atoms with Crippen molar-refractivity contribution in [2.75, 3.05) is 12.4 Å². The van der Waals surface area contributed by atoms with Crippen molar-refractivity contribution in [3.8, 4) is 0 Å². The molecule has 3 rings (SSSR count). The van der Waals surface area contributed by atoms with E-state index >= 15 is 0 Å². The van der Waals surface area contributed by atoms with Gasteiger partial charge in [0.2, 0.25) is 0 Å². The Morgan fingerprint density at radius 2 is 1.89 bits per heavy atom. The highest BCUT2D eigenvalue weighted by molar-refractivity contribution is 8.00. The minimum atomic E-state index is -0.411. The van der Waals surface area contributed by atoms with E-state index in [2.05, 4.69) is 29.1 Å². The molecule has 152 valence electrons. The van der Waals surface area contributed by atoms with Crippen LogP contribution in [-0.2, 0) is 14.3 Å². The Labute approximate surface area is 173 Å². The van der Waals surface area contributed by atoms with Crippen molar-refractivity contribution in [2.45, 2.75) is 64.4 Å². The Morgan fingerprint density at radius 3 is 2.61 bits per heavy atom. The minimum absolute atomic E-state index is 0.119. The van der Waals surface area contributed by atoms with E-state index in [0.717, 1.165) is 52.4 Å². The molecular formula is C20H27N3O3S2. The summed E-state index contributed by atoms with van der Waals surface area (Å²) in [6.45, 7) is 7.98. The fourth-order valence-electron chi connectivity index (χ4n) is 3.41. The van der Waals surface area contributed by atoms with Gasteiger partial charge in [0.25, 0.3) is 5.91 Å². The summed E-state index contributed by atoms with van der Waals surface area (Å²) in [7, 11) is 0. The maximum absolute atomic E-state index is 12.1. The molecule has 1 N–H and O–H groups in total. The van der Waals surface area contributed by atoms with Crippen LogP contribution >= 0.6 is 23.1 Å². The Kier molecular flexibility index (Phi) is 6.93. The lowest BCUT2D eigenvalue weighted by Crippen LogP contribution is -2.39. The summed E-state index contributed by atoms with van der Waals surface area (Å²) in [4.78, 5) is 35.3. The number of carbonyl (C=O) groups excluding carboxylic acids is 2. The predicted molar refractivity (Wildman–Crippen MR) is 113 cm³/mol. The first kappa shape index (κ1) is 21.0. The molecule has 0 unspecified atom stereocenters. The molecule has 1 aliphatic rings. The number of ether oxygens (including phenoxy) is 1. The lowest BCUT2D eigenvalue weighted by atomic mass is 9.87. The molecule has 1 saturated carbocycles. The molecule has 1 amide bonds. The largest absolute Gasteiger partial charge is 0.455 e. The predicted octanol–water partition coefficient (Wildman–Crippen LogP) is 3.95. The Hall–Kier alpha value is -1.67. The third-order valence-corrected chi connectivity index (χ3v) is 7.23. The molecule has 8 heteroatoms. The van der Waals surface area contributed by atoms with E-state index in [1.165, 1.54) is 16.6 Å². The summed E-state index contributed by atoms with van der Waals surface area (Å²) < 4.78 is 5.15. The Bertz CT molecular complexity index is 873. The SMILES string of the molecule is Cc1nc(SCC(=O)OCC(=O)NC2CCC(C)CC2)c2c(C)c(C)sc2n1. The summed E-state index contributed by atoms with van der Waals surface area (Å²) in [5.74, 6) is 0.906. The van der Waals surface area contributed by atoms with Crippen LogP contribution in [0.25, 0.3) is 10.2 Å². The molecule has 2 aromatic rings. The molecule has 0 atom stereocenters. The van der Waals surface area contributed by atoms with Gasteiger partial charge in [0.15, 0.2) is 6.61 Å². The topological polar surface area (TPSA) is 81.2 Å². The molecule has 2 aromatic heterocycles. The number of hydrogen-bond donors (Lipinski definition) is 1. The van der Waals surface area contributed by atoms with Crippen molar-refractivity contribution >= 4 is 45.2 Å². The molecule has 0 aromatic carbocycles. The fourth-order valence-corrected chi connectivity index (χ4v) is 5.48. The smallest absolute Gasteiger partial charge is 0.316 e. The van der Waals surface area contributed by atoms with Gasteiger partial charge >= 0.3 is 5.97 Å². The molecule has 0 radical (unpaired) electrons. The molecule has 0 aliphatic heterocycles. The van der Waals surface area contributed by atoms with Gasteiger partial charge in [0.05, 0.1) is 5.75 Å². The number of fused-ring (bicyclic) bond motifs is 1. The van der Waals surface area contributed by atoms with Gasteiger partial charge in [0, 0.05) is 16.3 Å². The van der Waals surface area contributed by atoms with Crippen molar-refractivity contribution in [1.29, 1.82) is 0 Å². The second-order valence-electron chi connectivity index (χ2n) is 7.51. The van der Waals surface area contributed by atoms with E-state index in [1.807, 2.05) is 13.8 Å². The van der Waals surface area contributed by atoms with Crippen LogP contribution in [0.2, 0.25) is 0 Å². The monoisotopic (exact) mass is 421 g/mol. The van der Waals surface area contributed by atoms with Crippen LogP contribution in [0.5, 0.6) is 0 Å². The summed E-state index contributed by atoms with van der Waals surface area (Å²) in [5.41, 5.74) is 1.15. The van der Waals surface area contributed by atoms with Gasteiger partial charge in [0.1, 0.15) is 15.7 Å². The summed E-state index contributed by atoms with van der Waals surface area (Å²) in [6, 6.07) is 0.207. The summed E-state index contributed by atoms with van der Waals surface area (Å²) in [6.07, 6.45) is 4.27. The maximum atomic E-state index is 12.1. The average Bonchev–Trinajstić information content (AvgIpc) is 2.93. The number of thioether (sulfide) groups is 1. The van der Waals surface area contributed by atoms with Gasteiger partial charge in [-0.3, -0.25) is 9.59 Å². The second-order valence-corrected chi connectivity index (χ2v) is 9.68. The highest BCUT2D eigenvalue weighted by atomic mass is 32.2. The number of aryl methyl sites for hydroxylation is 3. The highest BCUT2D eigenvalue weighted by Crippen LogP contribution is 2.35. The molecule has 0 bridgehead atoms. The van der Waals surface area contributed by atoms with E-state index in [-0.39, 0.29) is 24.3 Å². The number of amides is 1. The molecule has 1 fully saturated rings. The number of nitrogens with one attached hydrogen (secondary N) is 1. The molecule has 0 saturated heterocycles. The first-order chi connectivity index (χ1) is 13.3. The van der Waals surface area contributed by atoms with Gasteiger partial charge in [-0.2, -0.15) is 0 Å².